The van der Waals surface area contributed by atoms with E-state index in [1.54, 1.807) is 16.7 Å². The van der Waals surface area contributed by atoms with Crippen molar-refractivity contribution in [2.24, 2.45) is 0 Å². The molecule has 1 unspecified atom stereocenters. The Kier molecular flexibility index (Phi) is 5.22. The average molecular weight is 383 g/mol. The molecule has 0 radical (unpaired) electrons. The van der Waals surface area contributed by atoms with Crippen molar-refractivity contribution in [1.29, 1.82) is 0 Å². The van der Waals surface area contributed by atoms with E-state index in [-0.39, 0.29) is 17.5 Å². The summed E-state index contributed by atoms with van der Waals surface area (Å²) in [4.78, 5) is 15.2. The molecular weight excluding hydrogens is 360 g/mol. The molecule has 4 rings (SSSR count). The summed E-state index contributed by atoms with van der Waals surface area (Å²) in [5.41, 5.74) is 0.225. The molecule has 1 atom stereocenters. The number of thioether (sulfide) groups is 1. The summed E-state index contributed by atoms with van der Waals surface area (Å²) in [6.07, 6.45) is 2.36. The number of nitrogens with zero attached hydrogens (tertiary/aromatic N) is 2. The lowest BCUT2D eigenvalue weighted by atomic mass is 10.2. The number of ether oxygens (including phenoxy) is 1. The van der Waals surface area contributed by atoms with Crippen LogP contribution in [0.3, 0.4) is 0 Å². The molecule has 0 aromatic heterocycles. The molecule has 142 valence electrons. The number of rotatable bonds is 5. The van der Waals surface area contributed by atoms with Crippen molar-refractivity contribution >= 4 is 29.2 Å². The molecule has 1 N–H and O–H groups in total. The number of halogens is 2. The van der Waals surface area contributed by atoms with E-state index in [0.717, 1.165) is 30.8 Å². The van der Waals surface area contributed by atoms with Crippen LogP contribution in [0.25, 0.3) is 0 Å². The number of hydrogen-bond donors (Lipinski definition) is 1. The van der Waals surface area contributed by atoms with Crippen molar-refractivity contribution in [3.8, 4) is 0 Å². The summed E-state index contributed by atoms with van der Waals surface area (Å²) in [6.45, 7) is 2.14. The lowest BCUT2D eigenvalue weighted by Crippen LogP contribution is -2.32. The van der Waals surface area contributed by atoms with E-state index in [4.69, 9.17) is 4.74 Å². The number of anilines is 2. The quantitative estimate of drug-likeness (QED) is 0.847. The highest BCUT2D eigenvalue weighted by Crippen LogP contribution is 2.32. The van der Waals surface area contributed by atoms with E-state index in [2.05, 4.69) is 5.32 Å². The van der Waals surface area contributed by atoms with Gasteiger partial charge >= 0.3 is 6.09 Å². The molecule has 2 aliphatic heterocycles. The average Bonchev–Trinajstić information content (AvgIpc) is 3.39. The van der Waals surface area contributed by atoms with Gasteiger partial charge in [0.1, 0.15) is 11.8 Å². The van der Waals surface area contributed by atoms with Gasteiger partial charge in [0.05, 0.1) is 12.2 Å². The molecule has 26 heavy (non-hydrogen) atoms. The fourth-order valence-electron chi connectivity index (χ4n) is 3.40. The van der Waals surface area contributed by atoms with Gasteiger partial charge in [-0.15, -0.1) is 0 Å². The van der Waals surface area contributed by atoms with Crippen LogP contribution in [-0.2, 0) is 4.74 Å². The highest BCUT2D eigenvalue weighted by atomic mass is 32.2. The number of carbonyl (C=O) groups excluding carboxylic acids is 1. The first-order valence-corrected chi connectivity index (χ1v) is 10.3. The van der Waals surface area contributed by atoms with Gasteiger partial charge in [-0.05, 0) is 25.0 Å². The zero-order chi connectivity index (χ0) is 18.1. The van der Waals surface area contributed by atoms with Crippen LogP contribution in [0.2, 0.25) is 0 Å². The number of benzene rings is 1. The second kappa shape index (κ2) is 7.60. The first-order chi connectivity index (χ1) is 12.6. The van der Waals surface area contributed by atoms with E-state index >= 15 is 0 Å². The summed E-state index contributed by atoms with van der Waals surface area (Å²) < 4.78 is 34.7. The van der Waals surface area contributed by atoms with Crippen LogP contribution >= 0.6 is 11.8 Å². The Morgan fingerprint density at radius 2 is 1.96 bits per heavy atom. The van der Waals surface area contributed by atoms with Crippen LogP contribution in [0.4, 0.5) is 25.0 Å². The largest absolute Gasteiger partial charge is 0.443 e. The van der Waals surface area contributed by atoms with Gasteiger partial charge in [0.15, 0.2) is 11.6 Å². The topological polar surface area (TPSA) is 44.8 Å². The Hall–Kier alpha value is -1.54. The minimum absolute atomic E-state index is 0.00997. The molecule has 2 saturated heterocycles. The molecule has 1 saturated carbocycles. The molecule has 3 aliphatic rings. The maximum atomic E-state index is 14.7. The second-order valence-electron chi connectivity index (χ2n) is 7.01. The Labute approximate surface area is 156 Å². The van der Waals surface area contributed by atoms with E-state index in [0.29, 0.717) is 32.2 Å². The zero-order valence-corrected chi connectivity index (χ0v) is 15.4. The molecule has 1 aliphatic carbocycles. The van der Waals surface area contributed by atoms with Crippen molar-refractivity contribution < 1.29 is 18.3 Å². The van der Waals surface area contributed by atoms with Crippen LogP contribution in [0, 0.1) is 11.6 Å². The van der Waals surface area contributed by atoms with Gasteiger partial charge in [0, 0.05) is 43.6 Å². The molecule has 1 aromatic carbocycles. The molecule has 5 nitrogen and oxygen atoms in total. The SMILES string of the molecule is O=C1OC(CNC2CC2)CN1c1cc(F)c(N2CCCSCC2)c(F)c1. The molecule has 3 fully saturated rings. The van der Waals surface area contributed by atoms with E-state index in [1.807, 2.05) is 0 Å². The van der Waals surface area contributed by atoms with E-state index < -0.39 is 17.7 Å². The molecular formula is C18H23F2N3O2S. The lowest BCUT2D eigenvalue weighted by Gasteiger charge is -2.24. The zero-order valence-electron chi connectivity index (χ0n) is 14.5. The van der Waals surface area contributed by atoms with Crippen molar-refractivity contribution in [1.82, 2.24) is 5.32 Å². The van der Waals surface area contributed by atoms with Crippen LogP contribution < -0.4 is 15.1 Å². The molecule has 0 bridgehead atoms. The third kappa shape index (κ3) is 3.91. The maximum Gasteiger partial charge on any atom is 0.414 e. The predicted molar refractivity (Wildman–Crippen MR) is 99.2 cm³/mol. The number of cyclic esters (lactones) is 1. The van der Waals surface area contributed by atoms with Crippen molar-refractivity contribution in [2.75, 3.05) is 47.5 Å². The molecule has 2 heterocycles. The van der Waals surface area contributed by atoms with Gasteiger partial charge < -0.3 is 15.0 Å². The molecule has 1 amide bonds. The van der Waals surface area contributed by atoms with Gasteiger partial charge in [-0.3, -0.25) is 4.90 Å². The highest BCUT2D eigenvalue weighted by Gasteiger charge is 2.34. The summed E-state index contributed by atoms with van der Waals surface area (Å²) >= 11 is 1.80. The fourth-order valence-corrected chi connectivity index (χ4v) is 4.29. The van der Waals surface area contributed by atoms with E-state index in [9.17, 15) is 13.6 Å². The summed E-state index contributed by atoms with van der Waals surface area (Å²) in [5.74, 6) is 0.612. The third-order valence-corrected chi connectivity index (χ3v) is 5.99. The minimum atomic E-state index is -0.626. The van der Waals surface area contributed by atoms with E-state index in [1.165, 1.54) is 17.0 Å². The molecule has 1 aromatic rings. The number of hydrogen-bond acceptors (Lipinski definition) is 5. The van der Waals surface area contributed by atoms with Crippen LogP contribution in [0.5, 0.6) is 0 Å². The summed E-state index contributed by atoms with van der Waals surface area (Å²) in [7, 11) is 0. The standard InChI is InChI=1S/C18H23F2N3O2S/c19-15-8-13(9-16(20)17(15)22-4-1-6-26-7-5-22)23-11-14(25-18(23)24)10-21-12-2-3-12/h8-9,12,14,21H,1-7,10-11H2. The molecule has 0 spiro atoms. The summed E-state index contributed by atoms with van der Waals surface area (Å²) in [6, 6.07) is 3.01. The Balaban J connectivity index is 1.49. The fraction of sp³-hybridized carbons (Fsp3) is 0.611. The first kappa shape index (κ1) is 17.9. The van der Waals surface area contributed by atoms with Crippen LogP contribution in [0.1, 0.15) is 19.3 Å². The van der Waals surface area contributed by atoms with Crippen molar-refractivity contribution in [2.45, 2.75) is 31.4 Å². The second-order valence-corrected chi connectivity index (χ2v) is 8.23. The number of amides is 1. The Morgan fingerprint density at radius 1 is 1.19 bits per heavy atom. The monoisotopic (exact) mass is 383 g/mol. The predicted octanol–water partition coefficient (Wildman–Crippen LogP) is 2.99. The van der Waals surface area contributed by atoms with Gasteiger partial charge in [0.25, 0.3) is 0 Å². The highest BCUT2D eigenvalue weighted by molar-refractivity contribution is 7.99. The maximum absolute atomic E-state index is 14.7. The first-order valence-electron chi connectivity index (χ1n) is 9.15. The Bertz CT molecular complexity index is 655. The number of nitrogens with one attached hydrogen (secondary N) is 1. The van der Waals surface area contributed by atoms with Gasteiger partial charge in [-0.25, -0.2) is 13.6 Å². The van der Waals surface area contributed by atoms with Crippen molar-refractivity contribution in [3.63, 3.8) is 0 Å². The smallest absolute Gasteiger partial charge is 0.414 e. The van der Waals surface area contributed by atoms with Gasteiger partial charge in [0.2, 0.25) is 0 Å². The van der Waals surface area contributed by atoms with Crippen LogP contribution in [0.15, 0.2) is 12.1 Å². The van der Waals surface area contributed by atoms with Crippen molar-refractivity contribution in [3.05, 3.63) is 23.8 Å². The van der Waals surface area contributed by atoms with Gasteiger partial charge in [-0.2, -0.15) is 11.8 Å². The van der Waals surface area contributed by atoms with Gasteiger partial charge in [-0.1, -0.05) is 0 Å². The number of carbonyl (C=O) groups is 1. The minimum Gasteiger partial charge on any atom is -0.443 e. The lowest BCUT2D eigenvalue weighted by molar-refractivity contribution is 0.140. The van der Waals surface area contributed by atoms with Crippen LogP contribution in [-0.4, -0.2) is 55.9 Å². The Morgan fingerprint density at radius 3 is 2.69 bits per heavy atom. The normalized spacial score (nSPS) is 23.9. The third-order valence-electron chi connectivity index (χ3n) is 4.94. The molecule has 8 heteroatoms. The summed E-state index contributed by atoms with van der Waals surface area (Å²) in [5, 5.41) is 3.31.